The van der Waals surface area contributed by atoms with Crippen LogP contribution in [0, 0.1) is 11.7 Å². The molecule has 0 bridgehead atoms. The van der Waals surface area contributed by atoms with Crippen molar-refractivity contribution in [2.45, 2.75) is 57.5 Å². The maximum absolute atomic E-state index is 14.1. The van der Waals surface area contributed by atoms with Gasteiger partial charge in [0.25, 0.3) is 0 Å². The standard InChI is InChI=1S/C17H24FNO/c1-12(15-9-8-14(20)11-16(15)18)19-10-4-7-17(19)13-5-2-3-6-13/h8-9,11-13,17,20H,2-7,10H2,1H3. The van der Waals surface area contributed by atoms with Gasteiger partial charge in [-0.2, -0.15) is 0 Å². The summed E-state index contributed by atoms with van der Waals surface area (Å²) in [7, 11) is 0. The summed E-state index contributed by atoms with van der Waals surface area (Å²) in [5.41, 5.74) is 0.715. The van der Waals surface area contributed by atoms with E-state index in [-0.39, 0.29) is 17.6 Å². The second kappa shape index (κ2) is 5.72. The number of phenols is 1. The van der Waals surface area contributed by atoms with E-state index in [0.29, 0.717) is 11.6 Å². The molecule has 0 spiro atoms. The Morgan fingerprint density at radius 1 is 1.20 bits per heavy atom. The van der Waals surface area contributed by atoms with Crippen molar-refractivity contribution in [2.24, 2.45) is 5.92 Å². The fraction of sp³-hybridized carbons (Fsp3) is 0.647. The van der Waals surface area contributed by atoms with Crippen LogP contribution in [0.4, 0.5) is 4.39 Å². The monoisotopic (exact) mass is 277 g/mol. The second-order valence-electron chi connectivity index (χ2n) is 6.37. The van der Waals surface area contributed by atoms with Crippen LogP contribution in [-0.2, 0) is 0 Å². The van der Waals surface area contributed by atoms with Gasteiger partial charge in [0, 0.05) is 23.7 Å². The van der Waals surface area contributed by atoms with Gasteiger partial charge in [0.2, 0.25) is 0 Å². The maximum Gasteiger partial charge on any atom is 0.131 e. The third kappa shape index (κ3) is 2.56. The number of hydrogen-bond acceptors (Lipinski definition) is 2. The van der Waals surface area contributed by atoms with Crippen LogP contribution in [0.2, 0.25) is 0 Å². The summed E-state index contributed by atoms with van der Waals surface area (Å²) in [5.74, 6) is 0.530. The highest BCUT2D eigenvalue weighted by Crippen LogP contribution is 2.39. The lowest BCUT2D eigenvalue weighted by molar-refractivity contribution is 0.142. The van der Waals surface area contributed by atoms with Crippen LogP contribution in [0.3, 0.4) is 0 Å². The molecule has 0 radical (unpaired) electrons. The Hall–Kier alpha value is -1.09. The summed E-state index contributed by atoms with van der Waals surface area (Å²) in [6, 6.07) is 5.28. The molecule has 0 amide bonds. The first-order valence-corrected chi connectivity index (χ1v) is 7.91. The van der Waals surface area contributed by atoms with Crippen LogP contribution in [0.1, 0.15) is 57.1 Å². The van der Waals surface area contributed by atoms with Gasteiger partial charge in [0.05, 0.1) is 0 Å². The van der Waals surface area contributed by atoms with Crippen molar-refractivity contribution in [1.29, 1.82) is 0 Å². The highest BCUT2D eigenvalue weighted by molar-refractivity contribution is 5.29. The normalized spacial score (nSPS) is 26.2. The summed E-state index contributed by atoms with van der Waals surface area (Å²) < 4.78 is 14.1. The molecule has 2 unspecified atom stereocenters. The van der Waals surface area contributed by atoms with Crippen molar-refractivity contribution in [3.05, 3.63) is 29.6 Å². The van der Waals surface area contributed by atoms with Crippen LogP contribution >= 0.6 is 0 Å². The van der Waals surface area contributed by atoms with Crippen molar-refractivity contribution < 1.29 is 9.50 Å². The van der Waals surface area contributed by atoms with Crippen LogP contribution < -0.4 is 0 Å². The zero-order valence-electron chi connectivity index (χ0n) is 12.2. The number of nitrogens with zero attached hydrogens (tertiary/aromatic N) is 1. The van der Waals surface area contributed by atoms with Gasteiger partial charge in [-0.3, -0.25) is 4.90 Å². The van der Waals surface area contributed by atoms with Gasteiger partial charge in [-0.05, 0) is 51.1 Å². The van der Waals surface area contributed by atoms with Gasteiger partial charge in [0.1, 0.15) is 11.6 Å². The Bertz CT molecular complexity index is 470. The Kier molecular flexibility index (Phi) is 3.97. The molecular weight excluding hydrogens is 253 g/mol. The van der Waals surface area contributed by atoms with Gasteiger partial charge < -0.3 is 5.11 Å². The third-order valence-electron chi connectivity index (χ3n) is 5.22. The first-order valence-electron chi connectivity index (χ1n) is 7.91. The van der Waals surface area contributed by atoms with Crippen LogP contribution in [0.25, 0.3) is 0 Å². The number of phenolic OH excluding ortho intramolecular Hbond substituents is 1. The molecule has 110 valence electrons. The van der Waals surface area contributed by atoms with E-state index in [2.05, 4.69) is 11.8 Å². The van der Waals surface area contributed by atoms with Crippen molar-refractivity contribution in [2.75, 3.05) is 6.54 Å². The van der Waals surface area contributed by atoms with E-state index < -0.39 is 0 Å². The molecule has 2 nitrogen and oxygen atoms in total. The van der Waals surface area contributed by atoms with E-state index >= 15 is 0 Å². The molecule has 1 aliphatic carbocycles. The lowest BCUT2D eigenvalue weighted by Crippen LogP contribution is -2.36. The zero-order chi connectivity index (χ0) is 14.1. The molecule has 1 saturated heterocycles. The Balaban J connectivity index is 1.79. The zero-order valence-corrected chi connectivity index (χ0v) is 12.2. The molecule has 2 aliphatic rings. The van der Waals surface area contributed by atoms with Crippen LogP contribution in [-0.4, -0.2) is 22.6 Å². The minimum atomic E-state index is -0.283. The van der Waals surface area contributed by atoms with Gasteiger partial charge in [-0.25, -0.2) is 4.39 Å². The van der Waals surface area contributed by atoms with E-state index in [1.807, 2.05) is 0 Å². The molecule has 2 fully saturated rings. The predicted octanol–water partition coefficient (Wildman–Crippen LogP) is 4.25. The fourth-order valence-electron chi connectivity index (χ4n) is 4.18. The molecule has 1 aromatic carbocycles. The lowest BCUT2D eigenvalue weighted by atomic mass is 9.94. The summed E-state index contributed by atoms with van der Waals surface area (Å²) in [6.45, 7) is 3.17. The van der Waals surface area contributed by atoms with E-state index in [4.69, 9.17) is 0 Å². The van der Waals surface area contributed by atoms with E-state index in [1.54, 1.807) is 12.1 Å². The first-order chi connectivity index (χ1) is 9.66. The van der Waals surface area contributed by atoms with Gasteiger partial charge in [0.15, 0.2) is 0 Å². The lowest BCUT2D eigenvalue weighted by Gasteiger charge is -2.34. The number of rotatable bonds is 3. The third-order valence-corrected chi connectivity index (χ3v) is 5.22. The fourth-order valence-corrected chi connectivity index (χ4v) is 4.18. The van der Waals surface area contributed by atoms with Crippen molar-refractivity contribution in [1.82, 2.24) is 4.90 Å². The summed E-state index contributed by atoms with van der Waals surface area (Å²) in [5, 5.41) is 9.36. The number of hydrogen-bond donors (Lipinski definition) is 1. The van der Waals surface area contributed by atoms with Crippen molar-refractivity contribution in [3.8, 4) is 5.75 Å². The highest BCUT2D eigenvalue weighted by Gasteiger charge is 2.36. The van der Waals surface area contributed by atoms with Crippen molar-refractivity contribution >= 4 is 0 Å². The summed E-state index contributed by atoms with van der Waals surface area (Å²) >= 11 is 0. The minimum absolute atomic E-state index is 0.00668. The molecule has 3 heteroatoms. The van der Waals surface area contributed by atoms with Gasteiger partial charge >= 0.3 is 0 Å². The Morgan fingerprint density at radius 3 is 2.65 bits per heavy atom. The quantitative estimate of drug-likeness (QED) is 0.893. The Morgan fingerprint density at radius 2 is 1.95 bits per heavy atom. The first kappa shape index (κ1) is 13.9. The molecule has 3 rings (SSSR count). The van der Waals surface area contributed by atoms with E-state index in [9.17, 15) is 9.50 Å². The molecule has 2 atom stereocenters. The Labute approximate surface area is 120 Å². The SMILES string of the molecule is CC(c1ccc(O)cc1F)N1CCCC1C1CCCC1. The summed E-state index contributed by atoms with van der Waals surface area (Å²) in [6.07, 6.45) is 7.88. The molecular formula is C17H24FNO. The minimum Gasteiger partial charge on any atom is -0.508 e. The molecule has 1 aliphatic heterocycles. The van der Waals surface area contributed by atoms with Crippen molar-refractivity contribution in [3.63, 3.8) is 0 Å². The molecule has 1 aromatic rings. The molecule has 1 saturated carbocycles. The molecule has 0 aromatic heterocycles. The highest BCUT2D eigenvalue weighted by atomic mass is 19.1. The smallest absolute Gasteiger partial charge is 0.131 e. The molecule has 20 heavy (non-hydrogen) atoms. The number of halogens is 1. The maximum atomic E-state index is 14.1. The average Bonchev–Trinajstić information content (AvgIpc) is 3.09. The van der Waals surface area contributed by atoms with Gasteiger partial charge in [-0.15, -0.1) is 0 Å². The van der Waals surface area contributed by atoms with E-state index in [0.717, 1.165) is 12.5 Å². The topological polar surface area (TPSA) is 23.5 Å². The van der Waals surface area contributed by atoms with Crippen LogP contribution in [0.5, 0.6) is 5.75 Å². The largest absolute Gasteiger partial charge is 0.508 e. The predicted molar refractivity (Wildman–Crippen MR) is 78.2 cm³/mol. The summed E-state index contributed by atoms with van der Waals surface area (Å²) in [4.78, 5) is 2.49. The van der Waals surface area contributed by atoms with Gasteiger partial charge in [-0.1, -0.05) is 18.9 Å². The van der Waals surface area contributed by atoms with Crippen LogP contribution in [0.15, 0.2) is 18.2 Å². The number of benzene rings is 1. The average molecular weight is 277 g/mol. The second-order valence-corrected chi connectivity index (χ2v) is 6.37. The number of likely N-dealkylation sites (tertiary alicyclic amines) is 1. The number of aromatic hydroxyl groups is 1. The molecule has 1 N–H and O–H groups in total. The van der Waals surface area contributed by atoms with E-state index in [1.165, 1.54) is 44.6 Å². The molecule has 1 heterocycles.